The van der Waals surface area contributed by atoms with Crippen LogP contribution in [0.1, 0.15) is 27.2 Å². The molecular weight excluding hydrogens is 592 g/mol. The van der Waals surface area contributed by atoms with Crippen molar-refractivity contribution in [1.82, 2.24) is 10.2 Å². The third kappa shape index (κ3) is 6.95. The van der Waals surface area contributed by atoms with Crippen LogP contribution in [0.3, 0.4) is 0 Å². The van der Waals surface area contributed by atoms with Crippen LogP contribution in [0.2, 0.25) is 23.2 Å². The molecular formula is C22H30BrClN4O4S2Si. The second kappa shape index (κ2) is 11.0. The van der Waals surface area contributed by atoms with Crippen molar-refractivity contribution in [2.75, 3.05) is 17.2 Å². The Morgan fingerprint density at radius 2 is 1.86 bits per heavy atom. The van der Waals surface area contributed by atoms with Gasteiger partial charge in [0.05, 0.1) is 29.2 Å². The van der Waals surface area contributed by atoms with Crippen molar-refractivity contribution in [3.05, 3.63) is 45.9 Å². The number of hydrogen-bond donors (Lipinski definition) is 4. The fourth-order valence-corrected chi connectivity index (χ4v) is 6.50. The van der Waals surface area contributed by atoms with Gasteiger partial charge in [0.1, 0.15) is 10.6 Å². The number of thiocarbonyl (C=S) groups is 1. The summed E-state index contributed by atoms with van der Waals surface area (Å²) in [5, 5.41) is 6.32. The second-order valence-corrected chi connectivity index (χ2v) is 17.6. The lowest BCUT2D eigenvalue weighted by atomic mass is 10.2. The molecule has 13 heteroatoms. The molecule has 0 bridgehead atoms. The van der Waals surface area contributed by atoms with Crippen LogP contribution in [-0.4, -0.2) is 34.6 Å². The zero-order valence-electron chi connectivity index (χ0n) is 20.2. The summed E-state index contributed by atoms with van der Waals surface area (Å²) < 4.78 is 37.0. The number of nitrogens with one attached hydrogen (secondary N) is 4. The van der Waals surface area contributed by atoms with Gasteiger partial charge in [-0.2, -0.15) is 10.2 Å². The summed E-state index contributed by atoms with van der Waals surface area (Å²) in [6.07, 6.45) is -0.0979. The first-order valence-electron chi connectivity index (χ1n) is 10.9. The standard InChI is InChI=1S/C22H30BrClN4O4S2Si/c1-22(2,3)35(4,5)32-19-17(26-21(33)25-16-9-7-6-8-14(16)23)11-10-15(24)20(19)34(29,30)28-18-12-13-31-27-18/h6-11,18,27-28H,12-13H2,1-5H3,(H2,25,26,33). The fourth-order valence-electron chi connectivity index (χ4n) is 2.96. The minimum Gasteiger partial charge on any atom is -0.541 e. The predicted molar refractivity (Wildman–Crippen MR) is 151 cm³/mol. The van der Waals surface area contributed by atoms with E-state index in [9.17, 15) is 8.42 Å². The molecule has 0 radical (unpaired) electrons. The van der Waals surface area contributed by atoms with Gasteiger partial charge in [-0.15, -0.1) is 0 Å². The van der Waals surface area contributed by atoms with E-state index in [1.165, 1.54) is 6.07 Å². The smallest absolute Gasteiger partial charge is 0.250 e. The highest BCUT2D eigenvalue weighted by atomic mass is 79.9. The first-order valence-corrected chi connectivity index (χ1v) is 16.9. The summed E-state index contributed by atoms with van der Waals surface area (Å²) in [7, 11) is -6.58. The Morgan fingerprint density at radius 3 is 2.46 bits per heavy atom. The number of anilines is 2. The molecule has 4 N–H and O–H groups in total. The number of rotatable bonds is 7. The minimum atomic E-state index is -4.09. The monoisotopic (exact) mass is 620 g/mol. The van der Waals surface area contributed by atoms with Crippen LogP contribution in [0.4, 0.5) is 11.4 Å². The molecule has 8 nitrogen and oxygen atoms in total. The maximum absolute atomic E-state index is 13.5. The summed E-state index contributed by atoms with van der Waals surface area (Å²) in [4.78, 5) is 4.94. The number of para-hydroxylation sites is 1. The van der Waals surface area contributed by atoms with Gasteiger partial charge < -0.3 is 19.9 Å². The lowest BCUT2D eigenvalue weighted by Crippen LogP contribution is -2.45. The molecule has 2 aromatic carbocycles. The zero-order valence-corrected chi connectivity index (χ0v) is 25.1. The number of sulfonamides is 1. The summed E-state index contributed by atoms with van der Waals surface area (Å²) in [6.45, 7) is 10.7. The SMILES string of the molecule is CC(C)(C)[Si](C)(C)Oc1c(NC(=S)Nc2ccccc2Br)ccc(Cl)c1S(=O)(=O)NC1CCON1. The molecule has 192 valence electrons. The molecule has 35 heavy (non-hydrogen) atoms. The van der Waals surface area contributed by atoms with Gasteiger partial charge in [-0.3, -0.25) is 0 Å². The molecule has 1 heterocycles. The van der Waals surface area contributed by atoms with Gasteiger partial charge in [-0.1, -0.05) is 44.5 Å². The molecule has 0 aliphatic carbocycles. The Kier molecular flexibility index (Phi) is 8.91. The van der Waals surface area contributed by atoms with Crippen molar-refractivity contribution < 1.29 is 17.7 Å². The molecule has 2 aromatic rings. The molecule has 1 aliphatic heterocycles. The summed E-state index contributed by atoms with van der Waals surface area (Å²) in [6, 6.07) is 10.7. The normalized spacial score (nSPS) is 16.7. The molecule has 0 spiro atoms. The molecule has 0 aromatic heterocycles. The van der Waals surface area contributed by atoms with Crippen molar-refractivity contribution >= 4 is 74.6 Å². The lowest BCUT2D eigenvalue weighted by molar-refractivity contribution is 0.0866. The van der Waals surface area contributed by atoms with Gasteiger partial charge in [0.25, 0.3) is 8.32 Å². The highest BCUT2D eigenvalue weighted by molar-refractivity contribution is 9.10. The van der Waals surface area contributed by atoms with E-state index in [0.29, 0.717) is 18.7 Å². The van der Waals surface area contributed by atoms with Gasteiger partial charge in [0.2, 0.25) is 10.0 Å². The van der Waals surface area contributed by atoms with Crippen molar-refractivity contribution in [3.63, 3.8) is 0 Å². The van der Waals surface area contributed by atoms with Crippen LogP contribution in [0, 0.1) is 0 Å². The van der Waals surface area contributed by atoms with Crippen LogP contribution in [0.5, 0.6) is 5.75 Å². The van der Waals surface area contributed by atoms with E-state index in [-0.39, 0.29) is 25.8 Å². The average Bonchev–Trinajstić information content (AvgIpc) is 3.23. The van der Waals surface area contributed by atoms with E-state index in [1.54, 1.807) is 6.07 Å². The average molecular weight is 622 g/mol. The van der Waals surface area contributed by atoms with Crippen molar-refractivity contribution in [3.8, 4) is 5.75 Å². The van der Waals surface area contributed by atoms with Gasteiger partial charge in [-0.05, 0) is 70.5 Å². The third-order valence-corrected chi connectivity index (χ3v) is 13.1. The fraction of sp³-hybridized carbons (Fsp3) is 0.409. The van der Waals surface area contributed by atoms with E-state index in [2.05, 4.69) is 57.5 Å². The Morgan fingerprint density at radius 1 is 1.20 bits per heavy atom. The van der Waals surface area contributed by atoms with Gasteiger partial charge in [-0.25, -0.2) is 8.42 Å². The highest BCUT2D eigenvalue weighted by Gasteiger charge is 2.41. The molecule has 1 unspecified atom stereocenters. The van der Waals surface area contributed by atoms with Crippen LogP contribution in [0.25, 0.3) is 0 Å². The molecule has 1 saturated heterocycles. The van der Waals surface area contributed by atoms with Gasteiger partial charge >= 0.3 is 0 Å². The predicted octanol–water partition coefficient (Wildman–Crippen LogP) is 5.82. The van der Waals surface area contributed by atoms with E-state index < -0.39 is 24.5 Å². The Bertz CT molecular complexity index is 1200. The Hall–Kier alpha value is -1.25. The second-order valence-electron chi connectivity index (χ2n) is 9.60. The van der Waals surface area contributed by atoms with Crippen LogP contribution in [-0.2, 0) is 14.9 Å². The van der Waals surface area contributed by atoms with Crippen LogP contribution < -0.4 is 25.3 Å². The Balaban J connectivity index is 2.04. The van der Waals surface area contributed by atoms with E-state index >= 15 is 0 Å². The minimum absolute atomic E-state index is 0.0420. The highest BCUT2D eigenvalue weighted by Crippen LogP contribution is 2.44. The van der Waals surface area contributed by atoms with Crippen LogP contribution >= 0.6 is 39.7 Å². The van der Waals surface area contributed by atoms with Gasteiger partial charge in [0, 0.05) is 10.9 Å². The molecule has 1 fully saturated rings. The largest absolute Gasteiger partial charge is 0.541 e. The summed E-state index contributed by atoms with van der Waals surface area (Å²) >= 11 is 15.5. The number of benzene rings is 2. The first kappa shape index (κ1) is 28.3. The van der Waals surface area contributed by atoms with Crippen molar-refractivity contribution in [2.24, 2.45) is 0 Å². The maximum atomic E-state index is 13.5. The number of hydrogen-bond acceptors (Lipinski definition) is 6. The molecule has 1 atom stereocenters. The molecule has 3 rings (SSSR count). The van der Waals surface area contributed by atoms with E-state index in [1.807, 2.05) is 37.4 Å². The van der Waals surface area contributed by atoms with Crippen molar-refractivity contribution in [2.45, 2.75) is 56.4 Å². The third-order valence-electron chi connectivity index (χ3n) is 5.90. The Labute approximate surface area is 226 Å². The number of hydroxylamine groups is 1. The first-order chi connectivity index (χ1) is 16.2. The molecule has 0 saturated carbocycles. The van der Waals surface area contributed by atoms with E-state index in [4.69, 9.17) is 33.1 Å². The quantitative estimate of drug-likeness (QED) is 0.227. The summed E-state index contributed by atoms with van der Waals surface area (Å²) in [5.74, 6) is 0.131. The van der Waals surface area contributed by atoms with E-state index in [0.717, 1.165) is 10.2 Å². The maximum Gasteiger partial charge on any atom is 0.250 e. The summed E-state index contributed by atoms with van der Waals surface area (Å²) in [5.41, 5.74) is 3.80. The topological polar surface area (TPSA) is 101 Å². The van der Waals surface area contributed by atoms with Crippen LogP contribution in [0.15, 0.2) is 45.8 Å². The lowest BCUT2D eigenvalue weighted by Gasteiger charge is -2.37. The van der Waals surface area contributed by atoms with Gasteiger partial charge in [0.15, 0.2) is 5.11 Å². The zero-order chi connectivity index (χ0) is 26.0. The molecule has 1 aliphatic rings. The number of halogens is 2. The van der Waals surface area contributed by atoms with Crippen molar-refractivity contribution in [1.29, 1.82) is 0 Å². The molecule has 0 amide bonds.